The zero-order valence-corrected chi connectivity index (χ0v) is 13.5. The molecule has 21 heavy (non-hydrogen) atoms. The molecule has 2 aromatic rings. The minimum Gasteiger partial charge on any atom is -0.508 e. The third-order valence-corrected chi connectivity index (χ3v) is 4.16. The quantitative estimate of drug-likeness (QED) is 0.742. The topological polar surface area (TPSA) is 32.3 Å². The van der Waals surface area contributed by atoms with Crippen molar-refractivity contribution in [3.63, 3.8) is 0 Å². The van der Waals surface area contributed by atoms with E-state index >= 15 is 0 Å². The van der Waals surface area contributed by atoms with Gasteiger partial charge in [0.1, 0.15) is 5.75 Å². The summed E-state index contributed by atoms with van der Waals surface area (Å²) in [6, 6.07) is 16.1. The lowest BCUT2D eigenvalue weighted by Gasteiger charge is -2.09. The maximum Gasteiger partial charge on any atom is 0.115 e. The van der Waals surface area contributed by atoms with Crippen molar-refractivity contribution >= 4 is 11.8 Å². The lowest BCUT2D eigenvalue weighted by molar-refractivity contribution is 0.475. The van der Waals surface area contributed by atoms with Crippen LogP contribution in [0.5, 0.6) is 5.75 Å². The minimum absolute atomic E-state index is 0.333. The van der Waals surface area contributed by atoms with Gasteiger partial charge in [-0.2, -0.15) is 0 Å². The second-order valence-electron chi connectivity index (χ2n) is 5.63. The molecule has 0 aliphatic carbocycles. The zero-order valence-electron chi connectivity index (χ0n) is 12.7. The van der Waals surface area contributed by atoms with E-state index in [1.807, 2.05) is 18.2 Å². The van der Waals surface area contributed by atoms with Gasteiger partial charge in [-0.25, -0.2) is 0 Å². The molecule has 0 amide bonds. The Hall–Kier alpha value is -1.45. The van der Waals surface area contributed by atoms with Crippen LogP contribution in [0.15, 0.2) is 53.4 Å². The first-order chi connectivity index (χ1) is 10.1. The van der Waals surface area contributed by atoms with Crippen molar-refractivity contribution in [2.75, 3.05) is 6.54 Å². The lowest BCUT2D eigenvalue weighted by atomic mass is 10.2. The van der Waals surface area contributed by atoms with Crippen molar-refractivity contribution in [1.82, 2.24) is 5.32 Å². The summed E-state index contributed by atoms with van der Waals surface area (Å²) in [6.45, 7) is 6.39. The first-order valence-corrected chi connectivity index (χ1v) is 8.32. The molecule has 0 saturated heterocycles. The monoisotopic (exact) mass is 301 g/mol. The van der Waals surface area contributed by atoms with Crippen molar-refractivity contribution in [3.8, 4) is 5.75 Å². The fourth-order valence-corrected chi connectivity index (χ4v) is 2.99. The van der Waals surface area contributed by atoms with E-state index in [9.17, 15) is 5.11 Å². The summed E-state index contributed by atoms with van der Waals surface area (Å²) in [5, 5.41) is 12.9. The third kappa shape index (κ3) is 5.82. The highest BCUT2D eigenvalue weighted by Crippen LogP contribution is 2.25. The molecule has 0 heterocycles. The van der Waals surface area contributed by atoms with E-state index in [-0.39, 0.29) is 0 Å². The van der Waals surface area contributed by atoms with Gasteiger partial charge in [0.2, 0.25) is 0 Å². The van der Waals surface area contributed by atoms with E-state index in [4.69, 9.17) is 0 Å². The Bertz CT molecular complexity index is 569. The van der Waals surface area contributed by atoms with E-state index in [2.05, 4.69) is 43.4 Å². The maximum atomic E-state index is 9.48. The summed E-state index contributed by atoms with van der Waals surface area (Å²) in [5.74, 6) is 1.88. The average Bonchev–Trinajstić information content (AvgIpc) is 2.45. The molecule has 3 heteroatoms. The van der Waals surface area contributed by atoms with Crippen molar-refractivity contribution in [2.24, 2.45) is 5.92 Å². The first kappa shape index (κ1) is 15.9. The van der Waals surface area contributed by atoms with Crippen molar-refractivity contribution < 1.29 is 5.11 Å². The molecule has 0 radical (unpaired) electrons. The Morgan fingerprint density at radius 3 is 2.57 bits per heavy atom. The van der Waals surface area contributed by atoms with Gasteiger partial charge in [-0.3, -0.25) is 0 Å². The van der Waals surface area contributed by atoms with Gasteiger partial charge in [-0.15, -0.1) is 11.8 Å². The van der Waals surface area contributed by atoms with E-state index in [1.165, 1.54) is 10.5 Å². The lowest BCUT2D eigenvalue weighted by Crippen LogP contribution is -2.18. The van der Waals surface area contributed by atoms with E-state index < -0.39 is 0 Å². The first-order valence-electron chi connectivity index (χ1n) is 7.34. The molecular weight excluding hydrogens is 278 g/mol. The fourth-order valence-electron chi connectivity index (χ4n) is 2.06. The molecule has 0 aliphatic heterocycles. The second kappa shape index (κ2) is 8.11. The number of phenolic OH excluding ortho intramolecular Hbond substituents is 1. The van der Waals surface area contributed by atoms with Gasteiger partial charge in [0.25, 0.3) is 0 Å². The molecule has 2 aromatic carbocycles. The van der Waals surface area contributed by atoms with E-state index in [0.717, 1.165) is 24.4 Å². The normalized spacial score (nSPS) is 11.0. The Balaban J connectivity index is 1.88. The smallest absolute Gasteiger partial charge is 0.115 e. The largest absolute Gasteiger partial charge is 0.508 e. The molecule has 2 N–H and O–H groups in total. The number of thioether (sulfide) groups is 1. The van der Waals surface area contributed by atoms with Crippen LogP contribution in [-0.4, -0.2) is 11.7 Å². The predicted molar refractivity (Wildman–Crippen MR) is 90.7 cm³/mol. The van der Waals surface area contributed by atoms with Crippen LogP contribution in [0.2, 0.25) is 0 Å². The molecule has 112 valence electrons. The van der Waals surface area contributed by atoms with Crippen LogP contribution in [0.4, 0.5) is 0 Å². The van der Waals surface area contributed by atoms with Crippen LogP contribution in [-0.2, 0) is 12.3 Å². The van der Waals surface area contributed by atoms with E-state index in [1.54, 1.807) is 17.8 Å². The van der Waals surface area contributed by atoms with Gasteiger partial charge >= 0.3 is 0 Å². The number of phenols is 1. The van der Waals surface area contributed by atoms with E-state index in [0.29, 0.717) is 11.7 Å². The summed E-state index contributed by atoms with van der Waals surface area (Å²) >= 11 is 1.80. The van der Waals surface area contributed by atoms with Gasteiger partial charge in [0.05, 0.1) is 0 Å². The number of hydrogen-bond acceptors (Lipinski definition) is 3. The van der Waals surface area contributed by atoms with Crippen LogP contribution >= 0.6 is 11.8 Å². The SMILES string of the molecule is CC(C)CNCc1cccc(SCc2cccc(O)c2)c1. The van der Waals surface area contributed by atoms with Gasteiger partial charge in [0, 0.05) is 17.2 Å². The van der Waals surface area contributed by atoms with Gasteiger partial charge in [-0.1, -0.05) is 38.1 Å². The van der Waals surface area contributed by atoms with Crippen molar-refractivity contribution in [2.45, 2.75) is 31.0 Å². The molecule has 0 atom stereocenters. The fraction of sp³-hybridized carbons (Fsp3) is 0.333. The van der Waals surface area contributed by atoms with Crippen LogP contribution < -0.4 is 5.32 Å². The zero-order chi connectivity index (χ0) is 15.1. The third-order valence-electron chi connectivity index (χ3n) is 3.10. The number of aromatic hydroxyl groups is 1. The van der Waals surface area contributed by atoms with Crippen molar-refractivity contribution in [3.05, 3.63) is 59.7 Å². The van der Waals surface area contributed by atoms with Crippen LogP contribution in [0.3, 0.4) is 0 Å². The van der Waals surface area contributed by atoms with Gasteiger partial charge in [-0.05, 0) is 47.9 Å². The standard InChI is InChI=1S/C18H23NOS/c1-14(2)11-19-12-15-5-4-8-18(10-15)21-13-16-6-3-7-17(20)9-16/h3-10,14,19-20H,11-13H2,1-2H3. The Morgan fingerprint density at radius 1 is 1.05 bits per heavy atom. The molecule has 0 unspecified atom stereocenters. The molecule has 0 aromatic heterocycles. The summed E-state index contributed by atoms with van der Waals surface area (Å²) in [7, 11) is 0. The molecule has 0 saturated carbocycles. The van der Waals surface area contributed by atoms with Crippen LogP contribution in [0.25, 0.3) is 0 Å². The van der Waals surface area contributed by atoms with Gasteiger partial charge in [0.15, 0.2) is 0 Å². The number of nitrogens with one attached hydrogen (secondary N) is 1. The summed E-state index contributed by atoms with van der Waals surface area (Å²) in [6.07, 6.45) is 0. The molecule has 2 rings (SSSR count). The average molecular weight is 301 g/mol. The van der Waals surface area contributed by atoms with Crippen LogP contribution in [0, 0.1) is 5.92 Å². The molecular formula is C18H23NOS. The van der Waals surface area contributed by atoms with Crippen LogP contribution in [0.1, 0.15) is 25.0 Å². The highest BCUT2D eigenvalue weighted by Gasteiger charge is 2.00. The minimum atomic E-state index is 0.333. The molecule has 0 bridgehead atoms. The van der Waals surface area contributed by atoms with Gasteiger partial charge < -0.3 is 10.4 Å². The van der Waals surface area contributed by atoms with Crippen molar-refractivity contribution in [1.29, 1.82) is 0 Å². The molecule has 2 nitrogen and oxygen atoms in total. The Kier molecular flexibility index (Phi) is 6.15. The summed E-state index contributed by atoms with van der Waals surface area (Å²) < 4.78 is 0. The number of hydrogen-bond donors (Lipinski definition) is 2. The Morgan fingerprint density at radius 2 is 1.81 bits per heavy atom. The molecule has 0 fully saturated rings. The number of rotatable bonds is 7. The second-order valence-corrected chi connectivity index (χ2v) is 6.68. The predicted octanol–water partition coefficient (Wildman–Crippen LogP) is 4.43. The molecule has 0 spiro atoms. The molecule has 0 aliphatic rings. The summed E-state index contributed by atoms with van der Waals surface area (Å²) in [4.78, 5) is 1.27. The highest BCUT2D eigenvalue weighted by molar-refractivity contribution is 7.98. The number of benzene rings is 2. The summed E-state index contributed by atoms with van der Waals surface area (Å²) in [5.41, 5.74) is 2.46. The highest BCUT2D eigenvalue weighted by atomic mass is 32.2. The maximum absolute atomic E-state index is 9.48. The Labute approximate surface area is 131 Å².